The van der Waals surface area contributed by atoms with Crippen LogP contribution in [0.25, 0.3) is 0 Å². The summed E-state index contributed by atoms with van der Waals surface area (Å²) in [4.78, 5) is 12.5. The van der Waals surface area contributed by atoms with E-state index in [0.717, 1.165) is 5.56 Å². The SMILES string of the molecule is Cc1ccc(N(CCC(=O)Nc2cccc(O)c2)S(=O)(=O)c2ccccc2)cc1. The van der Waals surface area contributed by atoms with Gasteiger partial charge in [0.1, 0.15) is 5.75 Å². The minimum absolute atomic E-state index is 0.0229. The number of anilines is 2. The summed E-state index contributed by atoms with van der Waals surface area (Å²) in [5.41, 5.74) is 1.94. The van der Waals surface area contributed by atoms with E-state index in [2.05, 4.69) is 5.32 Å². The number of phenolic OH excluding ortho intramolecular Hbond substituents is 1. The van der Waals surface area contributed by atoms with Crippen LogP contribution in [0.2, 0.25) is 0 Å². The van der Waals surface area contributed by atoms with E-state index in [9.17, 15) is 18.3 Å². The highest BCUT2D eigenvalue weighted by Crippen LogP contribution is 2.24. The maximum Gasteiger partial charge on any atom is 0.264 e. The van der Waals surface area contributed by atoms with Crippen LogP contribution in [0.15, 0.2) is 83.8 Å². The normalized spacial score (nSPS) is 11.1. The average molecular weight is 410 g/mol. The smallest absolute Gasteiger partial charge is 0.264 e. The highest BCUT2D eigenvalue weighted by molar-refractivity contribution is 7.92. The summed E-state index contributed by atoms with van der Waals surface area (Å²) in [6.07, 6.45) is -0.0460. The largest absolute Gasteiger partial charge is 0.508 e. The number of aromatic hydroxyl groups is 1. The molecule has 6 nitrogen and oxygen atoms in total. The van der Waals surface area contributed by atoms with E-state index >= 15 is 0 Å². The lowest BCUT2D eigenvalue weighted by molar-refractivity contribution is -0.116. The molecule has 7 heteroatoms. The van der Waals surface area contributed by atoms with Crippen molar-refractivity contribution in [2.24, 2.45) is 0 Å². The van der Waals surface area contributed by atoms with E-state index in [1.165, 1.54) is 28.6 Å². The van der Waals surface area contributed by atoms with E-state index in [4.69, 9.17) is 0 Å². The molecule has 0 bridgehead atoms. The van der Waals surface area contributed by atoms with Crippen LogP contribution < -0.4 is 9.62 Å². The Bertz CT molecular complexity index is 1080. The molecule has 0 aromatic heterocycles. The molecule has 0 unspecified atom stereocenters. The fourth-order valence-electron chi connectivity index (χ4n) is 2.83. The van der Waals surface area contributed by atoms with Gasteiger partial charge in [0.05, 0.1) is 10.6 Å². The fraction of sp³-hybridized carbons (Fsp3) is 0.136. The van der Waals surface area contributed by atoms with Crippen LogP contribution in [0.5, 0.6) is 5.75 Å². The van der Waals surface area contributed by atoms with Crippen molar-refractivity contribution in [3.05, 3.63) is 84.4 Å². The van der Waals surface area contributed by atoms with Crippen LogP contribution in [0.3, 0.4) is 0 Å². The van der Waals surface area contributed by atoms with Crippen LogP contribution in [-0.2, 0) is 14.8 Å². The monoisotopic (exact) mass is 410 g/mol. The summed E-state index contributed by atoms with van der Waals surface area (Å²) in [6.45, 7) is 1.90. The van der Waals surface area contributed by atoms with Crippen molar-refractivity contribution >= 4 is 27.3 Å². The standard InChI is InChI=1S/C22H22N2O4S/c1-17-10-12-19(13-11-17)24(29(27,28)21-8-3-2-4-9-21)15-14-22(26)23-18-6-5-7-20(25)16-18/h2-13,16,25H,14-15H2,1H3,(H,23,26). The first-order valence-electron chi connectivity index (χ1n) is 9.09. The number of aryl methyl sites for hydroxylation is 1. The third-order valence-corrected chi connectivity index (χ3v) is 6.17. The van der Waals surface area contributed by atoms with Gasteiger partial charge in [-0.25, -0.2) is 8.42 Å². The van der Waals surface area contributed by atoms with Crippen LogP contribution in [0, 0.1) is 6.92 Å². The van der Waals surface area contributed by atoms with Crippen molar-refractivity contribution in [2.75, 3.05) is 16.2 Å². The third-order valence-electron chi connectivity index (χ3n) is 4.33. The summed E-state index contributed by atoms with van der Waals surface area (Å²) in [6, 6.07) is 21.4. The number of nitrogens with zero attached hydrogens (tertiary/aromatic N) is 1. The number of amides is 1. The number of phenols is 1. The number of hydrogen-bond donors (Lipinski definition) is 2. The molecule has 2 N–H and O–H groups in total. The summed E-state index contributed by atoms with van der Waals surface area (Å²) in [5.74, 6) is -0.313. The number of carbonyl (C=O) groups excluding carboxylic acids is 1. The van der Waals surface area contributed by atoms with Crippen molar-refractivity contribution in [2.45, 2.75) is 18.2 Å². The Balaban J connectivity index is 1.82. The number of sulfonamides is 1. The van der Waals surface area contributed by atoms with Crippen molar-refractivity contribution < 1.29 is 18.3 Å². The van der Waals surface area contributed by atoms with Crippen LogP contribution in [0.1, 0.15) is 12.0 Å². The maximum absolute atomic E-state index is 13.2. The molecule has 0 aliphatic carbocycles. The summed E-state index contributed by atoms with van der Waals surface area (Å²) >= 11 is 0. The zero-order valence-electron chi connectivity index (χ0n) is 15.9. The van der Waals surface area contributed by atoms with Gasteiger partial charge in [-0.15, -0.1) is 0 Å². The van der Waals surface area contributed by atoms with E-state index < -0.39 is 10.0 Å². The van der Waals surface area contributed by atoms with Crippen molar-refractivity contribution in [1.82, 2.24) is 0 Å². The van der Waals surface area contributed by atoms with Crippen LogP contribution in [-0.4, -0.2) is 26.0 Å². The van der Waals surface area contributed by atoms with Gasteiger partial charge in [0.25, 0.3) is 10.0 Å². The molecule has 0 saturated heterocycles. The number of rotatable bonds is 7. The first-order valence-corrected chi connectivity index (χ1v) is 10.5. The van der Waals surface area contributed by atoms with E-state index in [1.807, 2.05) is 19.1 Å². The summed E-state index contributed by atoms with van der Waals surface area (Å²) in [7, 11) is -3.83. The summed E-state index contributed by atoms with van der Waals surface area (Å²) < 4.78 is 27.6. The molecule has 0 aliphatic heterocycles. The highest BCUT2D eigenvalue weighted by atomic mass is 32.2. The lowest BCUT2D eigenvalue weighted by Crippen LogP contribution is -2.34. The zero-order valence-corrected chi connectivity index (χ0v) is 16.8. The van der Waals surface area contributed by atoms with Crippen molar-refractivity contribution in [3.63, 3.8) is 0 Å². The van der Waals surface area contributed by atoms with Gasteiger partial charge in [-0.1, -0.05) is 42.0 Å². The lowest BCUT2D eigenvalue weighted by Gasteiger charge is -2.24. The van der Waals surface area contributed by atoms with Gasteiger partial charge < -0.3 is 10.4 Å². The molecule has 3 rings (SSSR count). The zero-order chi connectivity index (χ0) is 20.9. The van der Waals surface area contributed by atoms with Crippen LogP contribution >= 0.6 is 0 Å². The van der Waals surface area contributed by atoms with Crippen molar-refractivity contribution in [1.29, 1.82) is 0 Å². The minimum Gasteiger partial charge on any atom is -0.508 e. The molecular formula is C22H22N2O4S. The molecule has 3 aromatic rings. The first-order chi connectivity index (χ1) is 13.9. The molecule has 0 spiro atoms. The lowest BCUT2D eigenvalue weighted by atomic mass is 10.2. The van der Waals surface area contributed by atoms with Crippen molar-refractivity contribution in [3.8, 4) is 5.75 Å². The average Bonchev–Trinajstić information content (AvgIpc) is 2.70. The molecule has 1 amide bonds. The molecule has 29 heavy (non-hydrogen) atoms. The number of hydrogen-bond acceptors (Lipinski definition) is 4. The van der Waals surface area contributed by atoms with Gasteiger partial charge in [-0.3, -0.25) is 9.10 Å². The Morgan fingerprint density at radius 1 is 0.966 bits per heavy atom. The molecule has 150 valence electrons. The van der Waals surface area contributed by atoms with Gasteiger partial charge >= 0.3 is 0 Å². The quantitative estimate of drug-likeness (QED) is 0.618. The third kappa shape index (κ3) is 5.14. The van der Waals surface area contributed by atoms with E-state index in [-0.39, 0.29) is 29.5 Å². The summed E-state index contributed by atoms with van der Waals surface area (Å²) in [5, 5.41) is 12.2. The highest BCUT2D eigenvalue weighted by Gasteiger charge is 2.25. The van der Waals surface area contributed by atoms with Gasteiger partial charge in [0.2, 0.25) is 5.91 Å². The van der Waals surface area contributed by atoms with Gasteiger partial charge in [-0.05, 0) is 43.3 Å². The molecule has 0 radical (unpaired) electrons. The molecule has 0 atom stereocenters. The Morgan fingerprint density at radius 2 is 1.66 bits per heavy atom. The van der Waals surface area contributed by atoms with Gasteiger partial charge in [0, 0.05) is 24.7 Å². The Kier molecular flexibility index (Phi) is 6.19. The van der Waals surface area contributed by atoms with Gasteiger partial charge in [-0.2, -0.15) is 0 Å². The Labute approximate surface area is 170 Å². The van der Waals surface area contributed by atoms with E-state index in [0.29, 0.717) is 11.4 Å². The second-order valence-corrected chi connectivity index (χ2v) is 8.44. The minimum atomic E-state index is -3.83. The maximum atomic E-state index is 13.2. The number of benzene rings is 3. The first kappa shape index (κ1) is 20.4. The molecule has 0 heterocycles. The Hall–Kier alpha value is -3.32. The van der Waals surface area contributed by atoms with Crippen LogP contribution in [0.4, 0.5) is 11.4 Å². The fourth-order valence-corrected chi connectivity index (χ4v) is 4.32. The number of nitrogens with one attached hydrogen (secondary N) is 1. The van der Waals surface area contributed by atoms with E-state index in [1.54, 1.807) is 42.5 Å². The second kappa shape index (κ2) is 8.79. The topological polar surface area (TPSA) is 86.7 Å². The number of carbonyl (C=O) groups is 1. The van der Waals surface area contributed by atoms with Gasteiger partial charge in [0.15, 0.2) is 0 Å². The molecule has 0 fully saturated rings. The predicted molar refractivity (Wildman–Crippen MR) is 114 cm³/mol. The predicted octanol–water partition coefficient (Wildman–Crippen LogP) is 3.92. The molecule has 0 saturated carbocycles. The molecular weight excluding hydrogens is 388 g/mol. The molecule has 3 aromatic carbocycles. The second-order valence-electron chi connectivity index (χ2n) is 6.57. The Morgan fingerprint density at radius 3 is 2.31 bits per heavy atom. The molecule has 0 aliphatic rings.